The van der Waals surface area contributed by atoms with Crippen molar-refractivity contribution >= 4 is 17.5 Å². The van der Waals surface area contributed by atoms with E-state index in [2.05, 4.69) is 66.2 Å². The Labute approximate surface area is 246 Å². The molecule has 0 bridgehead atoms. The first-order valence-electron chi connectivity index (χ1n) is 14.6. The molecule has 208 valence electrons. The topological polar surface area (TPSA) is 54.3 Å². The van der Waals surface area contributed by atoms with Crippen LogP contribution in [0, 0.1) is 13.8 Å². The van der Waals surface area contributed by atoms with Crippen LogP contribution in [0.2, 0.25) is 0 Å². The Morgan fingerprint density at radius 1 is 0.690 bits per heavy atom. The highest BCUT2D eigenvalue weighted by atomic mass is 16.2. The van der Waals surface area contributed by atoms with Crippen LogP contribution in [0.3, 0.4) is 0 Å². The number of anilines is 1. The van der Waals surface area contributed by atoms with E-state index in [1.807, 2.05) is 65.6 Å². The van der Waals surface area contributed by atoms with Gasteiger partial charge in [0.25, 0.3) is 11.8 Å². The van der Waals surface area contributed by atoms with E-state index >= 15 is 0 Å². The summed E-state index contributed by atoms with van der Waals surface area (Å²) in [5.41, 5.74) is 11.3. The molecule has 2 aliphatic rings. The zero-order valence-corrected chi connectivity index (χ0v) is 23.9. The molecule has 2 heterocycles. The summed E-state index contributed by atoms with van der Waals surface area (Å²) in [4.78, 5) is 29.5. The van der Waals surface area contributed by atoms with E-state index in [0.29, 0.717) is 24.3 Å². The monoisotopic (exact) mass is 551 g/mol. The Bertz CT molecular complexity index is 1820. The molecule has 0 fully saturated rings. The second kappa shape index (κ2) is 10.5. The molecule has 1 aliphatic carbocycles. The van der Waals surface area contributed by atoms with Crippen LogP contribution in [0.5, 0.6) is 0 Å². The fourth-order valence-corrected chi connectivity index (χ4v) is 6.59. The molecule has 0 saturated carbocycles. The van der Waals surface area contributed by atoms with Crippen molar-refractivity contribution in [3.63, 3.8) is 0 Å². The highest BCUT2D eigenvalue weighted by Gasteiger charge is 2.29. The molecule has 1 N–H and O–H groups in total. The summed E-state index contributed by atoms with van der Waals surface area (Å²) in [5, 5.41) is 3.27. The summed E-state index contributed by atoms with van der Waals surface area (Å²) in [5.74, 6) is -0.120. The van der Waals surface area contributed by atoms with Gasteiger partial charge >= 0.3 is 0 Å². The summed E-state index contributed by atoms with van der Waals surface area (Å²) >= 11 is 0. The number of rotatable bonds is 4. The average molecular weight is 552 g/mol. The Kier molecular flexibility index (Phi) is 6.50. The van der Waals surface area contributed by atoms with Gasteiger partial charge in [-0.25, -0.2) is 0 Å². The maximum absolute atomic E-state index is 14.1. The summed E-state index contributed by atoms with van der Waals surface area (Å²) in [7, 11) is 0. The van der Waals surface area contributed by atoms with Gasteiger partial charge in [-0.2, -0.15) is 0 Å². The highest BCUT2D eigenvalue weighted by Crippen LogP contribution is 2.32. The van der Waals surface area contributed by atoms with E-state index in [1.165, 1.54) is 22.3 Å². The van der Waals surface area contributed by atoms with Crippen LogP contribution in [0.15, 0.2) is 103 Å². The number of hydrogen-bond acceptors (Lipinski definition) is 2. The third-order valence-corrected chi connectivity index (χ3v) is 8.77. The van der Waals surface area contributed by atoms with Crippen molar-refractivity contribution in [2.45, 2.75) is 45.8 Å². The molecule has 4 aromatic carbocycles. The molecule has 5 heteroatoms. The Balaban J connectivity index is 1.17. The van der Waals surface area contributed by atoms with Crippen LogP contribution in [-0.4, -0.2) is 22.4 Å². The maximum Gasteiger partial charge on any atom is 0.268 e. The highest BCUT2D eigenvalue weighted by molar-refractivity contribution is 6.07. The molecule has 1 aromatic heterocycles. The van der Waals surface area contributed by atoms with Gasteiger partial charge in [-0.05, 0) is 96.0 Å². The first-order chi connectivity index (χ1) is 20.5. The van der Waals surface area contributed by atoms with Crippen molar-refractivity contribution < 1.29 is 9.59 Å². The van der Waals surface area contributed by atoms with E-state index in [9.17, 15) is 9.59 Å². The standard InChI is InChI=1S/C37H33N3O2/c1-24-9-3-7-13-32(24)33-17-15-28(19-25(33)2)37(42)40-23-31-16-18-35(39(31)22-29-12-6-8-14-34(29)40)36(41)38-30-20-26-10-4-5-11-27(26)21-30/h3-19,30H,20-23H2,1-2H3,(H,38,41). The van der Waals surface area contributed by atoms with Crippen molar-refractivity contribution in [1.29, 1.82) is 0 Å². The number of nitrogens with zero attached hydrogens (tertiary/aromatic N) is 2. The molecule has 0 atom stereocenters. The third kappa shape index (κ3) is 4.61. The molecule has 0 saturated heterocycles. The van der Waals surface area contributed by atoms with Gasteiger partial charge in [0.1, 0.15) is 5.69 Å². The lowest BCUT2D eigenvalue weighted by Crippen LogP contribution is -2.36. The van der Waals surface area contributed by atoms with Crippen LogP contribution in [0.25, 0.3) is 11.1 Å². The van der Waals surface area contributed by atoms with Gasteiger partial charge in [-0.15, -0.1) is 0 Å². The number of amides is 2. The number of fused-ring (bicyclic) bond motifs is 3. The Morgan fingerprint density at radius 3 is 2.10 bits per heavy atom. The van der Waals surface area contributed by atoms with Gasteiger partial charge in [0.05, 0.1) is 13.1 Å². The van der Waals surface area contributed by atoms with E-state index in [-0.39, 0.29) is 17.9 Å². The van der Waals surface area contributed by atoms with Gasteiger partial charge in [0, 0.05) is 23.0 Å². The molecular formula is C37H33N3O2. The van der Waals surface area contributed by atoms with Crippen LogP contribution in [0.4, 0.5) is 5.69 Å². The molecule has 0 unspecified atom stereocenters. The molecular weight excluding hydrogens is 518 g/mol. The van der Waals surface area contributed by atoms with Crippen molar-refractivity contribution in [2.24, 2.45) is 0 Å². The Morgan fingerprint density at radius 2 is 1.36 bits per heavy atom. The van der Waals surface area contributed by atoms with Crippen molar-refractivity contribution in [3.8, 4) is 11.1 Å². The lowest BCUT2D eigenvalue weighted by molar-refractivity contribution is 0.0929. The number of benzene rings is 4. The van der Waals surface area contributed by atoms with Crippen LogP contribution >= 0.6 is 0 Å². The summed E-state index contributed by atoms with van der Waals surface area (Å²) in [6.45, 7) is 5.09. The van der Waals surface area contributed by atoms with Gasteiger partial charge in [0.15, 0.2) is 0 Å². The van der Waals surface area contributed by atoms with Gasteiger partial charge < -0.3 is 14.8 Å². The maximum atomic E-state index is 14.1. The minimum atomic E-state index is -0.0706. The van der Waals surface area contributed by atoms with E-state index in [0.717, 1.165) is 40.9 Å². The molecule has 42 heavy (non-hydrogen) atoms. The van der Waals surface area contributed by atoms with Crippen molar-refractivity contribution in [3.05, 3.63) is 148 Å². The van der Waals surface area contributed by atoms with Crippen molar-refractivity contribution in [1.82, 2.24) is 9.88 Å². The minimum absolute atomic E-state index is 0.0498. The smallest absolute Gasteiger partial charge is 0.268 e. The third-order valence-electron chi connectivity index (χ3n) is 8.77. The molecule has 5 aromatic rings. The van der Waals surface area contributed by atoms with E-state index in [4.69, 9.17) is 0 Å². The minimum Gasteiger partial charge on any atom is -0.347 e. The fourth-order valence-electron chi connectivity index (χ4n) is 6.59. The predicted molar refractivity (Wildman–Crippen MR) is 167 cm³/mol. The first-order valence-corrected chi connectivity index (χ1v) is 14.6. The molecule has 1 aliphatic heterocycles. The van der Waals surface area contributed by atoms with E-state index in [1.54, 1.807) is 0 Å². The second-order valence-corrected chi connectivity index (χ2v) is 11.5. The lowest BCUT2D eigenvalue weighted by Gasteiger charge is -2.23. The first kappa shape index (κ1) is 26.0. The molecule has 2 amide bonds. The summed E-state index contributed by atoms with van der Waals surface area (Å²) in [6, 6.07) is 34.7. The average Bonchev–Trinajstić information content (AvgIpc) is 3.55. The van der Waals surface area contributed by atoms with Gasteiger partial charge in [-0.3, -0.25) is 9.59 Å². The molecule has 5 nitrogen and oxygen atoms in total. The largest absolute Gasteiger partial charge is 0.347 e. The van der Waals surface area contributed by atoms with Crippen LogP contribution in [0.1, 0.15) is 54.4 Å². The number of hydrogen-bond donors (Lipinski definition) is 1. The molecule has 0 radical (unpaired) electrons. The molecule has 0 spiro atoms. The number of carbonyl (C=O) groups is 2. The fraction of sp³-hybridized carbons (Fsp3) is 0.189. The number of aryl methyl sites for hydroxylation is 2. The summed E-state index contributed by atoms with van der Waals surface area (Å²) < 4.78 is 2.07. The van der Waals surface area contributed by atoms with E-state index < -0.39 is 0 Å². The zero-order chi connectivity index (χ0) is 28.8. The quantitative estimate of drug-likeness (QED) is 0.265. The van der Waals surface area contributed by atoms with Gasteiger partial charge in [-0.1, -0.05) is 72.8 Å². The van der Waals surface area contributed by atoms with Crippen molar-refractivity contribution in [2.75, 3.05) is 4.90 Å². The number of nitrogens with one attached hydrogen (secondary N) is 1. The second-order valence-electron chi connectivity index (χ2n) is 11.5. The Hall–Kier alpha value is -4.90. The zero-order valence-electron chi connectivity index (χ0n) is 23.9. The lowest BCUT2D eigenvalue weighted by atomic mass is 9.95. The predicted octanol–water partition coefficient (Wildman–Crippen LogP) is 6.88. The van der Waals surface area contributed by atoms with Crippen LogP contribution < -0.4 is 10.2 Å². The van der Waals surface area contributed by atoms with Gasteiger partial charge in [0.2, 0.25) is 0 Å². The number of carbonyl (C=O) groups excluding carboxylic acids is 2. The van der Waals surface area contributed by atoms with Crippen LogP contribution in [-0.2, 0) is 25.9 Å². The number of para-hydroxylation sites is 1. The normalized spacial score (nSPS) is 14.1. The summed E-state index contributed by atoms with van der Waals surface area (Å²) in [6.07, 6.45) is 1.70. The SMILES string of the molecule is Cc1ccccc1-c1ccc(C(=O)N2Cc3ccc(C(=O)NC4Cc5ccccc5C4)n3Cc3ccccc32)cc1C. The molecule has 7 rings (SSSR count). The number of aromatic nitrogens is 1.